The van der Waals surface area contributed by atoms with Crippen molar-refractivity contribution in [3.05, 3.63) is 20.8 Å². The molecule has 1 rings (SSSR count). The number of hydrogen-bond donors (Lipinski definition) is 1. The molecule has 1 aromatic rings. The molecular formula is C8H11ClO3S2. The minimum atomic E-state index is -3.16. The fourth-order valence-corrected chi connectivity index (χ4v) is 3.08. The molecule has 1 heterocycles. The maximum atomic E-state index is 10.9. The maximum absolute atomic E-state index is 10.9. The van der Waals surface area contributed by atoms with Gasteiger partial charge < -0.3 is 5.11 Å². The Kier molecular flexibility index (Phi) is 3.58. The number of sulfone groups is 1. The van der Waals surface area contributed by atoms with Crippen LogP contribution in [0.25, 0.3) is 0 Å². The molecule has 0 fully saturated rings. The zero-order valence-corrected chi connectivity index (χ0v) is 10.2. The standard InChI is InChI=1S/C8H11ClO3S2/c1-5-3-7(13-8(5)9)6(10)4-14(2,11)12/h3,6,10H,4H2,1-2H3. The van der Waals surface area contributed by atoms with Crippen LogP contribution in [0, 0.1) is 6.92 Å². The van der Waals surface area contributed by atoms with E-state index in [2.05, 4.69) is 0 Å². The Balaban J connectivity index is 2.85. The molecule has 14 heavy (non-hydrogen) atoms. The number of aliphatic hydroxyl groups excluding tert-OH is 1. The summed E-state index contributed by atoms with van der Waals surface area (Å²) in [5, 5.41) is 9.57. The van der Waals surface area contributed by atoms with E-state index in [0.717, 1.165) is 11.8 Å². The minimum Gasteiger partial charge on any atom is -0.387 e. The quantitative estimate of drug-likeness (QED) is 0.895. The normalized spacial score (nSPS) is 14.3. The molecule has 0 aliphatic carbocycles. The van der Waals surface area contributed by atoms with Crippen molar-refractivity contribution < 1.29 is 13.5 Å². The zero-order valence-electron chi connectivity index (χ0n) is 7.82. The Morgan fingerprint density at radius 3 is 2.57 bits per heavy atom. The van der Waals surface area contributed by atoms with Gasteiger partial charge >= 0.3 is 0 Å². The second-order valence-electron chi connectivity index (χ2n) is 3.21. The largest absolute Gasteiger partial charge is 0.387 e. The smallest absolute Gasteiger partial charge is 0.150 e. The van der Waals surface area contributed by atoms with Gasteiger partial charge in [-0.2, -0.15) is 0 Å². The van der Waals surface area contributed by atoms with Crippen LogP contribution >= 0.6 is 22.9 Å². The number of aliphatic hydroxyl groups is 1. The number of hydrogen-bond acceptors (Lipinski definition) is 4. The van der Waals surface area contributed by atoms with Crippen LogP contribution < -0.4 is 0 Å². The van der Waals surface area contributed by atoms with Crippen molar-refractivity contribution >= 4 is 32.8 Å². The fourth-order valence-electron chi connectivity index (χ4n) is 1.02. The molecule has 0 aliphatic heterocycles. The fraction of sp³-hybridized carbons (Fsp3) is 0.500. The van der Waals surface area contributed by atoms with E-state index < -0.39 is 15.9 Å². The van der Waals surface area contributed by atoms with Gasteiger partial charge in [-0.05, 0) is 18.6 Å². The monoisotopic (exact) mass is 254 g/mol. The van der Waals surface area contributed by atoms with Gasteiger partial charge in [0.1, 0.15) is 15.9 Å². The third-order valence-electron chi connectivity index (χ3n) is 1.67. The molecule has 6 heteroatoms. The summed E-state index contributed by atoms with van der Waals surface area (Å²) < 4.78 is 22.4. The summed E-state index contributed by atoms with van der Waals surface area (Å²) in [4.78, 5) is 0.595. The lowest BCUT2D eigenvalue weighted by Gasteiger charge is -2.05. The molecule has 0 spiro atoms. The van der Waals surface area contributed by atoms with Crippen LogP contribution in [0.3, 0.4) is 0 Å². The molecule has 3 nitrogen and oxygen atoms in total. The van der Waals surface area contributed by atoms with Gasteiger partial charge in [0.05, 0.1) is 10.1 Å². The van der Waals surface area contributed by atoms with Crippen molar-refractivity contribution in [1.29, 1.82) is 0 Å². The number of thiophene rings is 1. The highest BCUT2D eigenvalue weighted by atomic mass is 35.5. The predicted octanol–water partition coefficient (Wildman–Crippen LogP) is 1.79. The third-order valence-corrected chi connectivity index (χ3v) is 4.24. The summed E-state index contributed by atoms with van der Waals surface area (Å²) in [6.07, 6.45) is 0.124. The molecule has 0 aliphatic rings. The molecule has 1 N–H and O–H groups in total. The Morgan fingerprint density at radius 2 is 2.21 bits per heavy atom. The molecule has 0 bridgehead atoms. The molecule has 0 amide bonds. The van der Waals surface area contributed by atoms with Crippen LogP contribution in [0.5, 0.6) is 0 Å². The van der Waals surface area contributed by atoms with E-state index in [1.807, 2.05) is 6.92 Å². The molecule has 1 aromatic heterocycles. The topological polar surface area (TPSA) is 54.4 Å². The lowest BCUT2D eigenvalue weighted by atomic mass is 10.3. The Bertz CT molecular complexity index is 402. The second-order valence-corrected chi connectivity index (χ2v) is 7.08. The van der Waals surface area contributed by atoms with Gasteiger partial charge in [0.25, 0.3) is 0 Å². The first-order valence-electron chi connectivity index (χ1n) is 3.91. The molecule has 0 radical (unpaired) electrons. The van der Waals surface area contributed by atoms with Gasteiger partial charge in [0.15, 0.2) is 0 Å². The maximum Gasteiger partial charge on any atom is 0.150 e. The molecule has 1 unspecified atom stereocenters. The van der Waals surface area contributed by atoms with Gasteiger partial charge in [-0.25, -0.2) is 8.42 Å². The van der Waals surface area contributed by atoms with E-state index >= 15 is 0 Å². The highest BCUT2D eigenvalue weighted by Gasteiger charge is 2.17. The SMILES string of the molecule is Cc1cc(C(O)CS(C)(=O)=O)sc1Cl. The van der Waals surface area contributed by atoms with Crippen LogP contribution in [-0.2, 0) is 9.84 Å². The van der Waals surface area contributed by atoms with Gasteiger partial charge in [-0.15, -0.1) is 11.3 Å². The average Bonchev–Trinajstić information content (AvgIpc) is 2.28. The Hall–Kier alpha value is -0.100. The molecule has 1 atom stereocenters. The Labute approximate surface area is 92.3 Å². The van der Waals surface area contributed by atoms with Crippen molar-refractivity contribution in [2.45, 2.75) is 13.0 Å². The number of rotatable bonds is 3. The van der Waals surface area contributed by atoms with E-state index in [1.54, 1.807) is 6.07 Å². The van der Waals surface area contributed by atoms with Crippen LogP contribution in [0.2, 0.25) is 4.34 Å². The molecular weight excluding hydrogens is 244 g/mol. The first kappa shape index (κ1) is 12.0. The van der Waals surface area contributed by atoms with Crippen LogP contribution in [0.1, 0.15) is 16.5 Å². The van der Waals surface area contributed by atoms with E-state index in [-0.39, 0.29) is 5.75 Å². The molecule has 80 valence electrons. The van der Waals surface area contributed by atoms with Crippen molar-refractivity contribution in [1.82, 2.24) is 0 Å². The van der Waals surface area contributed by atoms with E-state index in [0.29, 0.717) is 9.21 Å². The zero-order chi connectivity index (χ0) is 10.9. The lowest BCUT2D eigenvalue weighted by Crippen LogP contribution is -2.11. The van der Waals surface area contributed by atoms with Crippen molar-refractivity contribution in [2.75, 3.05) is 12.0 Å². The summed E-state index contributed by atoms with van der Waals surface area (Å²) in [5.74, 6) is -0.261. The van der Waals surface area contributed by atoms with Gasteiger partial charge in [-0.3, -0.25) is 0 Å². The summed E-state index contributed by atoms with van der Waals surface area (Å²) in [5.41, 5.74) is 0.860. The predicted molar refractivity (Wildman–Crippen MR) is 58.7 cm³/mol. The summed E-state index contributed by atoms with van der Waals surface area (Å²) in [6.45, 7) is 1.81. The van der Waals surface area contributed by atoms with Crippen molar-refractivity contribution in [3.8, 4) is 0 Å². The summed E-state index contributed by atoms with van der Waals surface area (Å²) in [6, 6.07) is 1.71. The average molecular weight is 255 g/mol. The van der Waals surface area contributed by atoms with Crippen LogP contribution in [0.15, 0.2) is 6.07 Å². The van der Waals surface area contributed by atoms with Gasteiger partial charge in [0.2, 0.25) is 0 Å². The highest BCUT2D eigenvalue weighted by molar-refractivity contribution is 7.90. The van der Waals surface area contributed by atoms with E-state index in [9.17, 15) is 13.5 Å². The van der Waals surface area contributed by atoms with Crippen LogP contribution in [-0.4, -0.2) is 25.5 Å². The first-order chi connectivity index (χ1) is 6.29. The van der Waals surface area contributed by atoms with E-state index in [1.165, 1.54) is 11.3 Å². The highest BCUT2D eigenvalue weighted by Crippen LogP contribution is 2.31. The second kappa shape index (κ2) is 4.18. The van der Waals surface area contributed by atoms with Crippen molar-refractivity contribution in [3.63, 3.8) is 0 Å². The number of halogens is 1. The minimum absolute atomic E-state index is 0.261. The number of aryl methyl sites for hydroxylation is 1. The first-order valence-corrected chi connectivity index (χ1v) is 7.16. The molecule has 0 saturated carbocycles. The molecule has 0 saturated heterocycles. The third kappa shape index (κ3) is 3.24. The van der Waals surface area contributed by atoms with Crippen LogP contribution in [0.4, 0.5) is 0 Å². The lowest BCUT2D eigenvalue weighted by molar-refractivity contribution is 0.205. The van der Waals surface area contributed by atoms with E-state index in [4.69, 9.17) is 11.6 Å². The molecule has 0 aromatic carbocycles. The van der Waals surface area contributed by atoms with Gasteiger partial charge in [0, 0.05) is 11.1 Å². The van der Waals surface area contributed by atoms with Crippen molar-refractivity contribution in [2.24, 2.45) is 0 Å². The summed E-state index contributed by atoms with van der Waals surface area (Å²) in [7, 11) is -3.16. The Morgan fingerprint density at radius 1 is 1.64 bits per heavy atom. The summed E-state index contributed by atoms with van der Waals surface area (Å²) >= 11 is 7.02. The van der Waals surface area contributed by atoms with Gasteiger partial charge in [-0.1, -0.05) is 11.6 Å².